The Labute approximate surface area is 393 Å². The third-order valence-electron chi connectivity index (χ3n) is 10.1. The molecule has 0 saturated carbocycles. The highest BCUT2D eigenvalue weighted by molar-refractivity contribution is 8.13. The van der Waals surface area contributed by atoms with Crippen LogP contribution in [0.2, 0.25) is 0 Å². The summed E-state index contributed by atoms with van der Waals surface area (Å²) in [6, 6.07) is 0. The molecule has 0 aromatic carbocycles. The molecule has 10 N–H and O–H groups in total. The molecule has 0 bridgehead atoms. The number of nitrogens with zero attached hydrogens (tertiary/aromatic N) is 4. The summed E-state index contributed by atoms with van der Waals surface area (Å²) in [6.07, 6.45) is 14.6. The Morgan fingerprint density at radius 3 is 2.25 bits per heavy atom. The second kappa shape index (κ2) is 28.6. The predicted octanol–water partition coefficient (Wildman–Crippen LogP) is 4.48. The summed E-state index contributed by atoms with van der Waals surface area (Å²) < 4.78 is 62.4. The van der Waals surface area contributed by atoms with E-state index in [1.807, 2.05) is 0 Å². The van der Waals surface area contributed by atoms with Crippen LogP contribution in [-0.2, 0) is 50.7 Å². The maximum Gasteiger partial charge on any atom is 0.481 e. The minimum atomic E-state index is -5.58. The van der Waals surface area contributed by atoms with Gasteiger partial charge in [0.2, 0.25) is 11.8 Å². The number of nitrogens with two attached hydrogens (primary N) is 1. The van der Waals surface area contributed by atoms with Gasteiger partial charge < -0.3 is 50.9 Å². The van der Waals surface area contributed by atoms with Crippen LogP contribution >= 0.6 is 35.2 Å². The first-order valence-electron chi connectivity index (χ1n) is 21.9. The normalized spacial score (nSPS) is 20.3. The molecule has 1 aliphatic rings. The van der Waals surface area contributed by atoms with Gasteiger partial charge in [0.15, 0.2) is 22.8 Å². The molecule has 0 aliphatic carbocycles. The van der Waals surface area contributed by atoms with E-state index < -0.39 is 84.6 Å². The SMILES string of the molecule is CCCCC/C=C\C/C=C\CCCCCCCC(=O)SCCNC(=O)CCNC(=O)C(O)C(C)(C)COP(=O)(O)OP(=O)(O)OC[C@H]1O[C@@H](n2cnc3c(N)ncnc32)[C@H](O)[C@@H]1OP(=O)(O)O. The molecule has 28 heteroatoms. The average molecular weight is 1030 g/mol. The second-order valence-electron chi connectivity index (χ2n) is 16.3. The molecule has 380 valence electrons. The van der Waals surface area contributed by atoms with Gasteiger partial charge in [-0.2, -0.15) is 4.31 Å². The Kier molecular flexibility index (Phi) is 24.9. The quantitative estimate of drug-likeness (QED) is 0.0270. The highest BCUT2D eigenvalue weighted by atomic mass is 32.2. The number of phosphoric ester groups is 3. The Hall–Kier alpha value is -2.96. The van der Waals surface area contributed by atoms with Crippen molar-refractivity contribution in [2.75, 3.05) is 37.8 Å². The molecule has 0 spiro atoms. The van der Waals surface area contributed by atoms with Crippen molar-refractivity contribution in [3.8, 4) is 0 Å². The molecule has 2 aromatic heterocycles. The number of nitrogen functional groups attached to an aromatic ring is 1. The van der Waals surface area contributed by atoms with Crippen molar-refractivity contribution < 1.29 is 80.5 Å². The lowest BCUT2D eigenvalue weighted by molar-refractivity contribution is -0.137. The first kappa shape index (κ1) is 58.4. The standard InChI is InChI=1S/C39H66N7O17P3S/c1-4-5-6-7-8-9-10-11-12-13-14-15-16-17-18-19-30(48)67-23-22-41-29(47)20-21-42-37(51)34(50)39(2,3)25-60-66(57,58)63-65(55,56)59-24-28-33(62-64(52,53)54)32(49)38(61-28)46-27-45-31-35(40)43-26-44-36(31)46/h8-9,11-12,26-28,32-34,38,49-50H,4-7,10,13-25H2,1-3H3,(H,41,47)(H,42,51)(H,55,56)(H,57,58)(H2,40,43,44)(H2,52,53,54)/b9-8-,12-11-/t28-,32-,33-,34?,38-/m1/s1. The number of fused-ring (bicyclic) bond motifs is 1. The number of hydrogen-bond acceptors (Lipinski definition) is 18. The van der Waals surface area contributed by atoms with Crippen LogP contribution < -0.4 is 16.4 Å². The number of allylic oxidation sites excluding steroid dienone is 4. The van der Waals surface area contributed by atoms with Gasteiger partial charge in [0.1, 0.15) is 36.3 Å². The minimum absolute atomic E-state index is 0.0323. The van der Waals surface area contributed by atoms with Gasteiger partial charge in [0.05, 0.1) is 19.5 Å². The number of carbonyl (C=O) groups excluding carboxylic acids is 3. The number of aromatic nitrogens is 4. The average Bonchev–Trinajstić information content (AvgIpc) is 3.81. The second-order valence-corrected chi connectivity index (χ2v) is 21.7. The fraction of sp³-hybridized carbons (Fsp3) is 0.692. The number of aliphatic hydroxyl groups is 2. The van der Waals surface area contributed by atoms with Crippen molar-refractivity contribution in [3.63, 3.8) is 0 Å². The number of amides is 2. The van der Waals surface area contributed by atoms with Crippen LogP contribution in [0.15, 0.2) is 37.0 Å². The van der Waals surface area contributed by atoms with E-state index in [0.29, 0.717) is 12.2 Å². The van der Waals surface area contributed by atoms with Crippen molar-refractivity contribution >= 4 is 69.1 Å². The van der Waals surface area contributed by atoms with Crippen LogP contribution in [0.25, 0.3) is 11.2 Å². The molecule has 1 fully saturated rings. The number of rotatable bonds is 33. The van der Waals surface area contributed by atoms with Crippen LogP contribution in [-0.4, -0.2) is 123 Å². The molecular formula is C39H66N7O17P3S. The molecule has 67 heavy (non-hydrogen) atoms. The summed E-state index contributed by atoms with van der Waals surface area (Å²) in [6.45, 7) is 2.76. The van der Waals surface area contributed by atoms with E-state index in [2.05, 4.69) is 65.6 Å². The summed E-state index contributed by atoms with van der Waals surface area (Å²) in [5.74, 6) is -1.04. The summed E-state index contributed by atoms with van der Waals surface area (Å²) in [4.78, 5) is 88.3. The van der Waals surface area contributed by atoms with Gasteiger partial charge in [-0.15, -0.1) is 0 Å². The fourth-order valence-corrected chi connectivity index (χ4v) is 10.00. The fourth-order valence-electron chi connectivity index (χ4n) is 6.45. The number of nitrogens with one attached hydrogen (secondary N) is 2. The van der Waals surface area contributed by atoms with Gasteiger partial charge in [-0.05, 0) is 38.5 Å². The first-order valence-corrected chi connectivity index (χ1v) is 27.4. The third-order valence-corrected chi connectivity index (χ3v) is 14.1. The number of thioether (sulfide) groups is 1. The summed E-state index contributed by atoms with van der Waals surface area (Å²) in [5.41, 5.74) is 4.28. The molecule has 1 saturated heterocycles. The molecule has 3 heterocycles. The summed E-state index contributed by atoms with van der Waals surface area (Å²) in [5, 5.41) is 26.6. The van der Waals surface area contributed by atoms with Gasteiger partial charge in [0.25, 0.3) is 0 Å². The number of phosphoric acid groups is 3. The zero-order chi connectivity index (χ0) is 49.7. The van der Waals surface area contributed by atoms with Crippen LogP contribution in [0.4, 0.5) is 5.82 Å². The van der Waals surface area contributed by atoms with Crippen LogP contribution in [0.3, 0.4) is 0 Å². The smallest absolute Gasteiger partial charge is 0.386 e. The number of anilines is 1. The topological polar surface area (TPSA) is 364 Å². The zero-order valence-corrected chi connectivity index (χ0v) is 41.4. The van der Waals surface area contributed by atoms with E-state index in [4.69, 9.17) is 19.5 Å². The van der Waals surface area contributed by atoms with E-state index in [-0.39, 0.29) is 41.6 Å². The molecular weight excluding hydrogens is 963 g/mol. The monoisotopic (exact) mass is 1030 g/mol. The van der Waals surface area contributed by atoms with Crippen molar-refractivity contribution in [2.24, 2.45) is 5.41 Å². The summed E-state index contributed by atoms with van der Waals surface area (Å²) in [7, 11) is -16.4. The lowest BCUT2D eigenvalue weighted by Gasteiger charge is -2.30. The zero-order valence-electron chi connectivity index (χ0n) is 37.9. The van der Waals surface area contributed by atoms with Gasteiger partial charge in [0, 0.05) is 37.1 Å². The van der Waals surface area contributed by atoms with Gasteiger partial charge in [-0.1, -0.05) is 88.9 Å². The van der Waals surface area contributed by atoms with Crippen LogP contribution in [0.1, 0.15) is 110 Å². The molecule has 24 nitrogen and oxygen atoms in total. The Balaban J connectivity index is 1.31. The molecule has 2 amide bonds. The number of unbranched alkanes of at least 4 members (excludes halogenated alkanes) is 8. The molecule has 7 atom stereocenters. The van der Waals surface area contributed by atoms with E-state index in [9.17, 15) is 57.9 Å². The van der Waals surface area contributed by atoms with Crippen molar-refractivity contribution in [3.05, 3.63) is 37.0 Å². The molecule has 2 aromatic rings. The van der Waals surface area contributed by atoms with E-state index >= 15 is 0 Å². The Morgan fingerprint density at radius 2 is 1.57 bits per heavy atom. The van der Waals surface area contributed by atoms with E-state index in [1.165, 1.54) is 33.1 Å². The first-order chi connectivity index (χ1) is 31.6. The third kappa shape index (κ3) is 21.7. The number of aliphatic hydroxyl groups excluding tert-OH is 2. The number of carbonyl (C=O) groups is 3. The lowest BCUT2D eigenvalue weighted by atomic mass is 9.87. The van der Waals surface area contributed by atoms with Gasteiger partial charge >= 0.3 is 23.5 Å². The highest BCUT2D eigenvalue weighted by Gasteiger charge is 2.50. The Bertz CT molecular complexity index is 2090. The molecule has 3 unspecified atom stereocenters. The van der Waals surface area contributed by atoms with Crippen molar-refractivity contribution in [2.45, 2.75) is 135 Å². The summed E-state index contributed by atoms with van der Waals surface area (Å²) >= 11 is 1.14. The molecule has 0 radical (unpaired) electrons. The van der Waals surface area contributed by atoms with Crippen molar-refractivity contribution in [1.82, 2.24) is 30.2 Å². The number of hydrogen-bond donors (Lipinski definition) is 9. The molecule has 1 aliphatic heterocycles. The van der Waals surface area contributed by atoms with Crippen molar-refractivity contribution in [1.29, 1.82) is 0 Å². The maximum absolute atomic E-state index is 12.7. The van der Waals surface area contributed by atoms with Crippen LogP contribution in [0, 0.1) is 5.41 Å². The predicted molar refractivity (Wildman–Crippen MR) is 246 cm³/mol. The van der Waals surface area contributed by atoms with Gasteiger partial charge in [-0.3, -0.25) is 32.5 Å². The Morgan fingerprint density at radius 1 is 0.910 bits per heavy atom. The minimum Gasteiger partial charge on any atom is -0.386 e. The van der Waals surface area contributed by atoms with E-state index in [1.54, 1.807) is 0 Å². The highest BCUT2D eigenvalue weighted by Crippen LogP contribution is 2.61. The largest absolute Gasteiger partial charge is 0.481 e. The number of imidazole rings is 1. The lowest BCUT2D eigenvalue weighted by Crippen LogP contribution is -2.46. The number of ether oxygens (including phenoxy) is 1. The van der Waals surface area contributed by atoms with Gasteiger partial charge in [-0.25, -0.2) is 28.6 Å². The van der Waals surface area contributed by atoms with Crippen LogP contribution in [0.5, 0.6) is 0 Å². The maximum atomic E-state index is 12.7. The van der Waals surface area contributed by atoms with E-state index in [0.717, 1.165) is 80.4 Å². The molecule has 3 rings (SSSR count).